The number of carbonyl (C=O) groups excluding carboxylic acids is 1. The minimum absolute atomic E-state index is 0.0712. The average Bonchev–Trinajstić information content (AvgIpc) is 2.36. The number of hydrogen-bond donors (Lipinski definition) is 3. The second-order valence-corrected chi connectivity index (χ2v) is 5.28. The van der Waals surface area contributed by atoms with Crippen molar-refractivity contribution < 1.29 is 14.7 Å². The minimum Gasteiger partial charge on any atom is -0.481 e. The van der Waals surface area contributed by atoms with Gasteiger partial charge < -0.3 is 15.7 Å². The van der Waals surface area contributed by atoms with Crippen molar-refractivity contribution in [3.63, 3.8) is 0 Å². The largest absolute Gasteiger partial charge is 0.481 e. The van der Waals surface area contributed by atoms with Crippen LogP contribution in [0, 0.1) is 5.41 Å². The maximum absolute atomic E-state index is 11.7. The lowest BCUT2D eigenvalue weighted by atomic mass is 9.82. The maximum Gasteiger partial charge on any atom is 0.311 e. The molecule has 112 valence electrons. The van der Waals surface area contributed by atoms with Crippen LogP contribution in [0.2, 0.25) is 0 Å². The van der Waals surface area contributed by atoms with Crippen LogP contribution in [0.4, 0.5) is 0 Å². The maximum atomic E-state index is 11.7. The fourth-order valence-electron chi connectivity index (χ4n) is 1.87. The topological polar surface area (TPSA) is 78.4 Å². The first-order valence-electron chi connectivity index (χ1n) is 7.11. The molecule has 0 aromatic heterocycles. The van der Waals surface area contributed by atoms with Gasteiger partial charge in [0.2, 0.25) is 5.91 Å². The van der Waals surface area contributed by atoms with Gasteiger partial charge in [-0.3, -0.25) is 9.59 Å². The third-order valence-electron chi connectivity index (χ3n) is 3.56. The molecule has 0 saturated carbocycles. The first kappa shape index (κ1) is 17.9. The van der Waals surface area contributed by atoms with E-state index in [2.05, 4.69) is 24.5 Å². The Balaban J connectivity index is 4.03. The number of carboxylic acid groups (broad SMARTS) is 1. The van der Waals surface area contributed by atoms with Crippen molar-refractivity contribution in [3.8, 4) is 0 Å². The highest BCUT2D eigenvalue weighted by Gasteiger charge is 2.34. The van der Waals surface area contributed by atoms with E-state index in [1.807, 2.05) is 13.8 Å². The predicted octanol–water partition coefficient (Wildman–Crippen LogP) is 1.77. The molecule has 0 rings (SSSR count). The second kappa shape index (κ2) is 8.91. The zero-order valence-corrected chi connectivity index (χ0v) is 12.6. The van der Waals surface area contributed by atoms with Crippen molar-refractivity contribution in [1.29, 1.82) is 0 Å². The van der Waals surface area contributed by atoms with Gasteiger partial charge in [-0.05, 0) is 25.8 Å². The van der Waals surface area contributed by atoms with Gasteiger partial charge in [-0.1, -0.05) is 27.7 Å². The number of amides is 1. The van der Waals surface area contributed by atoms with Crippen LogP contribution < -0.4 is 10.6 Å². The molecule has 1 amide bonds. The van der Waals surface area contributed by atoms with Crippen LogP contribution in [0.1, 0.15) is 53.4 Å². The number of nitrogens with one attached hydrogen (secondary N) is 2. The molecule has 5 heteroatoms. The molecular weight excluding hydrogens is 244 g/mol. The Bertz CT molecular complexity index is 286. The number of hydrogen-bond acceptors (Lipinski definition) is 3. The van der Waals surface area contributed by atoms with Gasteiger partial charge in [0.05, 0.1) is 5.41 Å². The summed E-state index contributed by atoms with van der Waals surface area (Å²) >= 11 is 0. The van der Waals surface area contributed by atoms with Gasteiger partial charge in [-0.15, -0.1) is 0 Å². The van der Waals surface area contributed by atoms with Crippen molar-refractivity contribution in [2.24, 2.45) is 5.41 Å². The van der Waals surface area contributed by atoms with E-state index in [1.54, 1.807) is 0 Å². The molecule has 0 aliphatic rings. The molecule has 5 nitrogen and oxygen atoms in total. The molecule has 0 heterocycles. The van der Waals surface area contributed by atoms with E-state index in [0.29, 0.717) is 25.3 Å². The highest BCUT2D eigenvalue weighted by molar-refractivity contribution is 5.79. The summed E-state index contributed by atoms with van der Waals surface area (Å²) in [5.74, 6) is -0.905. The molecule has 0 fully saturated rings. The van der Waals surface area contributed by atoms with Crippen molar-refractivity contribution >= 4 is 11.9 Å². The third-order valence-corrected chi connectivity index (χ3v) is 3.56. The minimum atomic E-state index is -0.834. The first-order valence-corrected chi connectivity index (χ1v) is 7.11. The molecule has 0 aliphatic carbocycles. The highest BCUT2D eigenvalue weighted by Crippen LogP contribution is 2.25. The fourth-order valence-corrected chi connectivity index (χ4v) is 1.87. The molecule has 3 N–H and O–H groups in total. The Kier molecular flexibility index (Phi) is 8.39. The second-order valence-electron chi connectivity index (χ2n) is 5.28. The Morgan fingerprint density at radius 2 is 1.79 bits per heavy atom. The van der Waals surface area contributed by atoms with Crippen LogP contribution in [0.25, 0.3) is 0 Å². The monoisotopic (exact) mass is 272 g/mol. The number of rotatable bonds is 10. The van der Waals surface area contributed by atoms with Gasteiger partial charge in [-0.25, -0.2) is 0 Å². The fraction of sp³-hybridized carbons (Fsp3) is 0.857. The molecule has 0 aromatic rings. The van der Waals surface area contributed by atoms with E-state index < -0.39 is 11.4 Å². The first-order chi connectivity index (χ1) is 8.88. The van der Waals surface area contributed by atoms with Crippen LogP contribution in [0.5, 0.6) is 0 Å². The average molecular weight is 272 g/mol. The van der Waals surface area contributed by atoms with Crippen LogP contribution in [-0.2, 0) is 9.59 Å². The van der Waals surface area contributed by atoms with E-state index in [9.17, 15) is 14.7 Å². The number of aliphatic carboxylic acids is 1. The summed E-state index contributed by atoms with van der Waals surface area (Å²) < 4.78 is 0. The zero-order valence-electron chi connectivity index (χ0n) is 12.6. The summed E-state index contributed by atoms with van der Waals surface area (Å²) in [5, 5.41) is 15.2. The van der Waals surface area contributed by atoms with Crippen molar-refractivity contribution in [2.45, 2.75) is 59.4 Å². The Labute approximate surface area is 116 Å². The van der Waals surface area contributed by atoms with Crippen molar-refractivity contribution in [1.82, 2.24) is 10.6 Å². The normalized spacial score (nSPS) is 11.6. The van der Waals surface area contributed by atoms with E-state index >= 15 is 0 Å². The number of carboxylic acids is 1. The lowest BCUT2D eigenvalue weighted by Gasteiger charge is -2.26. The van der Waals surface area contributed by atoms with Gasteiger partial charge in [0.1, 0.15) is 0 Å². The molecular formula is C14H28N2O3. The molecule has 0 radical (unpaired) electrons. The lowest BCUT2D eigenvalue weighted by molar-refractivity contribution is -0.149. The Hall–Kier alpha value is -1.10. The molecule has 0 spiro atoms. The molecule has 19 heavy (non-hydrogen) atoms. The summed E-state index contributed by atoms with van der Waals surface area (Å²) in [6.45, 7) is 8.82. The molecule has 0 bridgehead atoms. The van der Waals surface area contributed by atoms with Crippen molar-refractivity contribution in [3.05, 3.63) is 0 Å². The van der Waals surface area contributed by atoms with E-state index in [1.165, 1.54) is 0 Å². The summed E-state index contributed by atoms with van der Waals surface area (Å²) in [7, 11) is 0. The van der Waals surface area contributed by atoms with Crippen LogP contribution in [0.15, 0.2) is 0 Å². The number of carbonyl (C=O) groups is 2. The third kappa shape index (κ3) is 6.57. The summed E-state index contributed by atoms with van der Waals surface area (Å²) in [5.41, 5.74) is -0.828. The SMILES string of the molecule is CCC(CC)(CNC(=O)CCCNC(C)C)C(=O)O. The summed E-state index contributed by atoms with van der Waals surface area (Å²) in [6, 6.07) is 0.419. The van der Waals surface area contributed by atoms with Gasteiger partial charge in [0, 0.05) is 19.0 Å². The zero-order chi connectivity index (χ0) is 14.9. The standard InChI is InChI=1S/C14H28N2O3/c1-5-14(6-2,13(18)19)10-16-12(17)8-7-9-15-11(3)4/h11,15H,5-10H2,1-4H3,(H,16,17)(H,18,19). The Morgan fingerprint density at radius 1 is 1.21 bits per heavy atom. The predicted molar refractivity (Wildman–Crippen MR) is 76.0 cm³/mol. The van der Waals surface area contributed by atoms with Crippen molar-refractivity contribution in [2.75, 3.05) is 13.1 Å². The summed E-state index contributed by atoms with van der Waals surface area (Å²) in [6.07, 6.45) is 2.24. The van der Waals surface area contributed by atoms with Crippen LogP contribution in [-0.4, -0.2) is 36.1 Å². The summed E-state index contributed by atoms with van der Waals surface area (Å²) in [4.78, 5) is 22.9. The molecule has 0 unspecified atom stereocenters. The highest BCUT2D eigenvalue weighted by atomic mass is 16.4. The molecule has 0 atom stereocenters. The van der Waals surface area contributed by atoms with Gasteiger partial charge in [0.25, 0.3) is 0 Å². The lowest BCUT2D eigenvalue weighted by Crippen LogP contribution is -2.42. The van der Waals surface area contributed by atoms with E-state index in [-0.39, 0.29) is 12.5 Å². The van der Waals surface area contributed by atoms with Crippen LogP contribution in [0.3, 0.4) is 0 Å². The molecule has 0 aliphatic heterocycles. The molecule has 0 saturated heterocycles. The van der Waals surface area contributed by atoms with E-state index in [0.717, 1.165) is 13.0 Å². The van der Waals surface area contributed by atoms with Crippen LogP contribution >= 0.6 is 0 Å². The van der Waals surface area contributed by atoms with Gasteiger partial charge in [-0.2, -0.15) is 0 Å². The Morgan fingerprint density at radius 3 is 2.21 bits per heavy atom. The van der Waals surface area contributed by atoms with Gasteiger partial charge >= 0.3 is 5.97 Å². The van der Waals surface area contributed by atoms with E-state index in [4.69, 9.17) is 0 Å². The van der Waals surface area contributed by atoms with Gasteiger partial charge in [0.15, 0.2) is 0 Å². The smallest absolute Gasteiger partial charge is 0.311 e. The quantitative estimate of drug-likeness (QED) is 0.530. The molecule has 0 aromatic carbocycles.